The molecule has 0 unspecified atom stereocenters. The summed E-state index contributed by atoms with van der Waals surface area (Å²) in [5.74, 6) is 0.202. The van der Waals surface area contributed by atoms with E-state index in [4.69, 9.17) is 4.74 Å². The molecule has 0 saturated carbocycles. The zero-order valence-electron chi connectivity index (χ0n) is 13.7. The van der Waals surface area contributed by atoms with E-state index in [-0.39, 0.29) is 18.2 Å². The third-order valence-corrected chi connectivity index (χ3v) is 3.27. The van der Waals surface area contributed by atoms with Gasteiger partial charge in [-0.05, 0) is 49.2 Å². The lowest BCUT2D eigenvalue weighted by Crippen LogP contribution is -2.26. The first-order valence-electron chi connectivity index (χ1n) is 7.67. The van der Waals surface area contributed by atoms with E-state index < -0.39 is 0 Å². The fraction of sp³-hybridized carbons (Fsp3) is 0.222. The number of aryl methyl sites for hydroxylation is 1. The lowest BCUT2D eigenvalue weighted by molar-refractivity contribution is -0.119. The summed E-state index contributed by atoms with van der Waals surface area (Å²) < 4.78 is 5.29. The molecule has 2 rings (SSSR count). The molecule has 2 aromatic rings. The van der Waals surface area contributed by atoms with Crippen molar-refractivity contribution in [2.24, 2.45) is 5.10 Å². The molecule has 0 bridgehead atoms. The van der Waals surface area contributed by atoms with Gasteiger partial charge in [-0.3, -0.25) is 4.79 Å². The number of amides is 1. The largest absolute Gasteiger partial charge is 0.504 e. The SMILES string of the molecule is CCOc1cc(/C=N\NC(=O)CNc2ccccc2C)ccc1O. The number of nitrogens with one attached hydrogen (secondary N) is 2. The molecule has 0 aliphatic rings. The van der Waals surface area contributed by atoms with Gasteiger partial charge in [0.25, 0.3) is 5.91 Å². The summed E-state index contributed by atoms with van der Waals surface area (Å²) in [6.45, 7) is 4.39. The fourth-order valence-corrected chi connectivity index (χ4v) is 2.05. The second-order valence-corrected chi connectivity index (χ2v) is 5.12. The molecule has 0 aliphatic carbocycles. The Bertz CT molecular complexity index is 729. The van der Waals surface area contributed by atoms with E-state index in [2.05, 4.69) is 15.8 Å². The van der Waals surface area contributed by atoms with Gasteiger partial charge in [0.1, 0.15) is 0 Å². The van der Waals surface area contributed by atoms with Gasteiger partial charge in [0.2, 0.25) is 0 Å². The molecular weight excluding hydrogens is 306 g/mol. The molecule has 0 fully saturated rings. The third-order valence-electron chi connectivity index (χ3n) is 3.27. The summed E-state index contributed by atoms with van der Waals surface area (Å²) >= 11 is 0. The minimum Gasteiger partial charge on any atom is -0.504 e. The number of benzene rings is 2. The van der Waals surface area contributed by atoms with E-state index >= 15 is 0 Å². The van der Waals surface area contributed by atoms with E-state index in [1.807, 2.05) is 38.1 Å². The Morgan fingerprint density at radius 2 is 2.08 bits per heavy atom. The highest BCUT2D eigenvalue weighted by Crippen LogP contribution is 2.26. The van der Waals surface area contributed by atoms with Crippen LogP contribution in [-0.4, -0.2) is 30.4 Å². The van der Waals surface area contributed by atoms with Crippen LogP contribution in [0.5, 0.6) is 11.5 Å². The molecule has 6 nitrogen and oxygen atoms in total. The second kappa shape index (κ2) is 8.57. The minimum atomic E-state index is -0.252. The van der Waals surface area contributed by atoms with Gasteiger partial charge in [-0.25, -0.2) is 5.43 Å². The van der Waals surface area contributed by atoms with Gasteiger partial charge in [0.05, 0.1) is 19.4 Å². The Kier molecular flexibility index (Phi) is 6.19. The number of carbonyl (C=O) groups excluding carboxylic acids is 1. The Morgan fingerprint density at radius 1 is 1.29 bits per heavy atom. The van der Waals surface area contributed by atoms with Crippen LogP contribution < -0.4 is 15.5 Å². The number of ether oxygens (including phenoxy) is 1. The highest BCUT2D eigenvalue weighted by atomic mass is 16.5. The van der Waals surface area contributed by atoms with Crippen molar-refractivity contribution < 1.29 is 14.6 Å². The van der Waals surface area contributed by atoms with E-state index in [0.717, 1.165) is 11.3 Å². The molecule has 3 N–H and O–H groups in total. The van der Waals surface area contributed by atoms with Gasteiger partial charge >= 0.3 is 0 Å². The number of hydrogen-bond acceptors (Lipinski definition) is 5. The molecule has 0 radical (unpaired) electrons. The summed E-state index contributed by atoms with van der Waals surface area (Å²) in [6.07, 6.45) is 1.49. The average molecular weight is 327 g/mol. The molecule has 0 aromatic heterocycles. The van der Waals surface area contributed by atoms with E-state index in [1.54, 1.807) is 12.1 Å². The Hall–Kier alpha value is -3.02. The Labute approximate surface area is 141 Å². The first-order chi connectivity index (χ1) is 11.6. The zero-order valence-corrected chi connectivity index (χ0v) is 13.7. The Balaban J connectivity index is 1.86. The van der Waals surface area contributed by atoms with Crippen molar-refractivity contribution in [3.8, 4) is 11.5 Å². The minimum absolute atomic E-state index is 0.0699. The van der Waals surface area contributed by atoms with Gasteiger partial charge in [-0.1, -0.05) is 18.2 Å². The van der Waals surface area contributed by atoms with Gasteiger partial charge in [0.15, 0.2) is 11.5 Å². The molecule has 0 heterocycles. The number of nitrogens with zero attached hydrogens (tertiary/aromatic N) is 1. The summed E-state index contributed by atoms with van der Waals surface area (Å²) in [5, 5.41) is 16.6. The monoisotopic (exact) mass is 327 g/mol. The van der Waals surface area contributed by atoms with Crippen LogP contribution in [0.4, 0.5) is 5.69 Å². The summed E-state index contributed by atoms with van der Waals surface area (Å²) in [5.41, 5.74) is 5.15. The number of anilines is 1. The molecule has 126 valence electrons. The van der Waals surface area contributed by atoms with Crippen LogP contribution in [0.1, 0.15) is 18.1 Å². The molecule has 0 saturated heterocycles. The number of para-hydroxylation sites is 1. The lowest BCUT2D eigenvalue weighted by Gasteiger charge is -2.08. The number of aromatic hydroxyl groups is 1. The van der Waals surface area contributed by atoms with Crippen LogP contribution >= 0.6 is 0 Å². The summed E-state index contributed by atoms with van der Waals surface area (Å²) in [6, 6.07) is 12.6. The van der Waals surface area contributed by atoms with Crippen LogP contribution in [0.25, 0.3) is 0 Å². The predicted molar refractivity (Wildman–Crippen MR) is 94.7 cm³/mol. The highest BCUT2D eigenvalue weighted by Gasteiger charge is 2.03. The van der Waals surface area contributed by atoms with Gasteiger partial charge in [-0.2, -0.15) is 5.10 Å². The number of phenolic OH excluding ortho intramolecular Hbond substituents is 1. The molecular formula is C18H21N3O3. The first kappa shape index (κ1) is 17.3. The van der Waals surface area contributed by atoms with Gasteiger partial charge in [-0.15, -0.1) is 0 Å². The van der Waals surface area contributed by atoms with E-state index in [9.17, 15) is 9.90 Å². The van der Waals surface area contributed by atoms with Crippen molar-refractivity contribution in [3.05, 3.63) is 53.6 Å². The molecule has 6 heteroatoms. The van der Waals surface area contributed by atoms with Crippen molar-refractivity contribution in [1.29, 1.82) is 0 Å². The first-order valence-corrected chi connectivity index (χ1v) is 7.67. The van der Waals surface area contributed by atoms with Crippen LogP contribution in [0, 0.1) is 6.92 Å². The average Bonchev–Trinajstić information content (AvgIpc) is 2.57. The van der Waals surface area contributed by atoms with Crippen molar-refractivity contribution in [2.75, 3.05) is 18.5 Å². The van der Waals surface area contributed by atoms with Crippen molar-refractivity contribution in [2.45, 2.75) is 13.8 Å². The number of phenols is 1. The van der Waals surface area contributed by atoms with E-state index in [0.29, 0.717) is 17.9 Å². The second-order valence-electron chi connectivity index (χ2n) is 5.12. The smallest absolute Gasteiger partial charge is 0.259 e. The van der Waals surface area contributed by atoms with Gasteiger partial charge in [0, 0.05) is 5.69 Å². The van der Waals surface area contributed by atoms with Crippen LogP contribution in [0.15, 0.2) is 47.6 Å². The van der Waals surface area contributed by atoms with Crippen LogP contribution in [0.3, 0.4) is 0 Å². The maximum atomic E-state index is 11.8. The van der Waals surface area contributed by atoms with Gasteiger partial charge < -0.3 is 15.2 Å². The normalized spacial score (nSPS) is 10.6. The number of hydrogen-bond donors (Lipinski definition) is 3. The highest BCUT2D eigenvalue weighted by molar-refractivity contribution is 5.84. The molecule has 2 aromatic carbocycles. The molecule has 24 heavy (non-hydrogen) atoms. The maximum absolute atomic E-state index is 11.8. The number of hydrazone groups is 1. The number of rotatable bonds is 7. The van der Waals surface area contributed by atoms with E-state index in [1.165, 1.54) is 12.3 Å². The molecule has 0 aliphatic heterocycles. The molecule has 0 atom stereocenters. The van der Waals surface area contributed by atoms with Crippen LogP contribution in [-0.2, 0) is 4.79 Å². The van der Waals surface area contributed by atoms with Crippen LogP contribution in [0.2, 0.25) is 0 Å². The molecule has 0 spiro atoms. The standard InChI is InChI=1S/C18H21N3O3/c1-3-24-17-10-14(8-9-16(17)22)11-20-21-18(23)12-19-15-7-5-4-6-13(15)2/h4-11,19,22H,3,12H2,1-2H3,(H,21,23)/b20-11-. The van der Waals surface area contributed by atoms with Crippen molar-refractivity contribution >= 4 is 17.8 Å². The van der Waals surface area contributed by atoms with Crippen molar-refractivity contribution in [3.63, 3.8) is 0 Å². The van der Waals surface area contributed by atoms with Crippen molar-refractivity contribution in [1.82, 2.24) is 5.43 Å². The summed E-state index contributed by atoms with van der Waals surface area (Å²) in [7, 11) is 0. The lowest BCUT2D eigenvalue weighted by atomic mass is 10.2. The Morgan fingerprint density at radius 3 is 2.83 bits per heavy atom. The predicted octanol–water partition coefficient (Wildman–Crippen LogP) is 2.66. The quantitative estimate of drug-likeness (QED) is 0.539. The zero-order chi connectivity index (χ0) is 17.4. The third kappa shape index (κ3) is 5.01. The summed E-state index contributed by atoms with van der Waals surface area (Å²) in [4.78, 5) is 11.8. The maximum Gasteiger partial charge on any atom is 0.259 e. The molecule has 1 amide bonds. The fourth-order valence-electron chi connectivity index (χ4n) is 2.05. The number of carbonyl (C=O) groups is 1. The topological polar surface area (TPSA) is 83.0 Å².